The smallest absolute Gasteiger partial charge is 0.409 e. The van der Waals surface area contributed by atoms with Crippen molar-refractivity contribution in [2.24, 2.45) is 11.7 Å². The van der Waals surface area contributed by atoms with Crippen molar-refractivity contribution < 1.29 is 47.9 Å². The monoisotopic (exact) mass is 1080 g/mol. The molecule has 78 heavy (non-hydrogen) atoms. The molecule has 1 aromatic heterocycles. The van der Waals surface area contributed by atoms with Crippen molar-refractivity contribution >= 4 is 104 Å². The number of nitrogens with two attached hydrogens (primary N) is 1. The molecule has 3 aliphatic rings. The van der Waals surface area contributed by atoms with Gasteiger partial charge in [0, 0.05) is 121 Å². The Morgan fingerprint density at radius 1 is 0.821 bits per heavy atom. The Morgan fingerprint density at radius 2 is 1.51 bits per heavy atom. The Balaban J connectivity index is 0.870. The van der Waals surface area contributed by atoms with Crippen LogP contribution >= 0.6 is 11.6 Å². The molecule has 0 aliphatic carbocycles. The lowest BCUT2D eigenvalue weighted by atomic mass is 9.95. The summed E-state index contributed by atoms with van der Waals surface area (Å²) in [5.41, 5.74) is 9.45. The predicted octanol–water partition coefficient (Wildman–Crippen LogP) is 4.94. The number of imide groups is 1. The second-order valence-corrected chi connectivity index (χ2v) is 20.3. The molecule has 4 heterocycles. The number of halogens is 1. The van der Waals surface area contributed by atoms with E-state index >= 15 is 0 Å². The Morgan fingerprint density at radius 3 is 2.19 bits per heavy atom. The zero-order valence-corrected chi connectivity index (χ0v) is 44.2. The number of rotatable bonds is 20. The van der Waals surface area contributed by atoms with Crippen LogP contribution in [0, 0.1) is 5.92 Å². The first-order chi connectivity index (χ1) is 37.3. The molecule has 0 unspecified atom stereocenters. The number of aromatic amines is 1. The SMILES string of the molecule is C=C(N)C[C@H](NC(=O)CNC(=O)CCCN1C(=O)C=CC1=O)C(=O)N[C@@H](CC(C)C)C(=O)Nc1ccc(C(=O)Nc2ccc3[nH]c(C(=O)N4C[C@@H](CCl)c5c4cc(OC(=O)N4CCN(C)CC4)c4ccccc54)cc3c2)cc1. The summed E-state index contributed by atoms with van der Waals surface area (Å²) < 4.78 is 6.05. The van der Waals surface area contributed by atoms with E-state index in [4.69, 9.17) is 22.1 Å². The van der Waals surface area contributed by atoms with Crippen LogP contribution in [0.5, 0.6) is 5.75 Å². The number of likely N-dealkylation sites (N-methyl/N-ethyl adjacent to an activating group) is 1. The number of aromatic nitrogens is 1. The van der Waals surface area contributed by atoms with Crippen molar-refractivity contribution in [3.05, 3.63) is 120 Å². The Bertz CT molecular complexity index is 3200. The van der Waals surface area contributed by atoms with E-state index in [0.717, 1.165) is 46.5 Å². The number of ether oxygens (including phenoxy) is 1. The first-order valence-corrected chi connectivity index (χ1v) is 26.2. The van der Waals surface area contributed by atoms with Crippen LogP contribution in [-0.4, -0.2) is 144 Å². The van der Waals surface area contributed by atoms with E-state index in [2.05, 4.69) is 43.0 Å². The fourth-order valence-electron chi connectivity index (χ4n) is 9.58. The molecule has 0 spiro atoms. The fraction of sp³-hybridized carbons (Fsp3) is 0.339. The van der Waals surface area contributed by atoms with Gasteiger partial charge in [0.2, 0.25) is 23.6 Å². The van der Waals surface area contributed by atoms with Crippen molar-refractivity contribution in [2.45, 2.75) is 57.5 Å². The first-order valence-electron chi connectivity index (χ1n) is 25.6. The molecule has 21 nitrogen and oxygen atoms in total. The maximum atomic E-state index is 14.4. The second kappa shape index (κ2) is 24.6. The van der Waals surface area contributed by atoms with Gasteiger partial charge in [0.25, 0.3) is 23.6 Å². The Hall–Kier alpha value is -8.56. The summed E-state index contributed by atoms with van der Waals surface area (Å²) in [6, 6.07) is 20.2. The number of fused-ring (bicyclic) bond motifs is 4. The van der Waals surface area contributed by atoms with Gasteiger partial charge in [-0.15, -0.1) is 11.6 Å². The minimum Gasteiger partial charge on any atom is -0.409 e. The molecule has 1 fully saturated rings. The highest BCUT2D eigenvalue weighted by atomic mass is 35.5. The highest BCUT2D eigenvalue weighted by Crippen LogP contribution is 2.46. The summed E-state index contributed by atoms with van der Waals surface area (Å²) in [4.78, 5) is 127. The molecule has 1 saturated heterocycles. The zero-order valence-electron chi connectivity index (χ0n) is 43.5. The first kappa shape index (κ1) is 55.7. The van der Waals surface area contributed by atoms with Crippen LogP contribution in [0.3, 0.4) is 0 Å². The number of amides is 9. The van der Waals surface area contributed by atoms with Crippen molar-refractivity contribution in [3.63, 3.8) is 0 Å². The summed E-state index contributed by atoms with van der Waals surface area (Å²) in [7, 11) is 2.01. The molecular weight excluding hydrogens is 1020 g/mol. The van der Waals surface area contributed by atoms with Crippen LogP contribution in [0.4, 0.5) is 21.9 Å². The molecule has 0 saturated carbocycles. The predicted molar refractivity (Wildman–Crippen MR) is 295 cm³/mol. The van der Waals surface area contributed by atoms with E-state index in [9.17, 15) is 43.2 Å². The molecule has 3 aliphatic heterocycles. The van der Waals surface area contributed by atoms with E-state index in [1.165, 1.54) is 12.1 Å². The topological polar surface area (TPSA) is 278 Å². The van der Waals surface area contributed by atoms with Gasteiger partial charge in [-0.05, 0) is 85.3 Å². The highest BCUT2D eigenvalue weighted by Gasteiger charge is 2.37. The summed E-state index contributed by atoms with van der Waals surface area (Å²) in [5.74, 6) is -3.80. The molecule has 8 N–H and O–H groups in total. The van der Waals surface area contributed by atoms with Gasteiger partial charge in [-0.2, -0.15) is 0 Å². The number of H-pyrrole nitrogens is 1. The lowest BCUT2D eigenvalue weighted by molar-refractivity contribution is -0.137. The second-order valence-electron chi connectivity index (χ2n) is 20.0. The Kier molecular flexibility index (Phi) is 17.6. The molecule has 3 atom stereocenters. The number of alkyl halides is 1. The van der Waals surface area contributed by atoms with Gasteiger partial charge in [-0.1, -0.05) is 44.7 Å². The lowest BCUT2D eigenvalue weighted by Gasteiger charge is -2.31. The molecule has 22 heteroatoms. The standard InChI is InChI=1S/C56H62ClN11O10/c1-32(2)24-42(64-54(75)43(25-33(3)58)63-48(70)30-59-47(69)10-7-19-67-49(71)17-18-50(67)72)53(74)60-37-13-11-34(12-14-37)52(73)61-38-15-16-41-35(26-38)27-44(62-41)55(76)68-31-36(29-57)51-40-9-6-5-8-39(40)46(28-45(51)68)78-56(77)66-22-20-65(4)21-23-66/h5-6,8-9,11-18,26-28,32,36,42-43,62H,3,7,10,19-25,29-31,58H2,1-2,4H3,(H,59,69)(H,60,74)(H,61,73)(H,63,70)(H,64,75)/t36-,42+,43+/m1/s1. The van der Waals surface area contributed by atoms with E-state index < -0.39 is 66.1 Å². The van der Waals surface area contributed by atoms with Gasteiger partial charge >= 0.3 is 6.09 Å². The third kappa shape index (κ3) is 13.3. The van der Waals surface area contributed by atoms with Gasteiger partial charge in [-0.25, -0.2) is 4.79 Å². The zero-order chi connectivity index (χ0) is 55.8. The maximum absolute atomic E-state index is 14.4. The van der Waals surface area contributed by atoms with Gasteiger partial charge in [-0.3, -0.25) is 43.3 Å². The average Bonchev–Trinajstić information content (AvgIpc) is 4.20. The largest absolute Gasteiger partial charge is 0.415 e. The highest BCUT2D eigenvalue weighted by molar-refractivity contribution is 6.19. The van der Waals surface area contributed by atoms with Crippen molar-refractivity contribution in [1.29, 1.82) is 0 Å². The van der Waals surface area contributed by atoms with Gasteiger partial charge in [0.1, 0.15) is 23.5 Å². The van der Waals surface area contributed by atoms with Crippen LogP contribution in [0.15, 0.2) is 103 Å². The molecule has 5 aromatic rings. The number of nitrogens with zero attached hydrogens (tertiary/aromatic N) is 4. The van der Waals surface area contributed by atoms with E-state index in [0.29, 0.717) is 59.0 Å². The molecule has 9 amide bonds. The van der Waals surface area contributed by atoms with Gasteiger partial charge in [0.15, 0.2) is 0 Å². The molecule has 0 radical (unpaired) electrons. The number of anilines is 3. The van der Waals surface area contributed by atoms with Crippen LogP contribution < -0.4 is 42.0 Å². The Labute approximate surface area is 454 Å². The fourth-order valence-corrected chi connectivity index (χ4v) is 9.83. The number of nitrogens with one attached hydrogen (secondary N) is 6. The van der Waals surface area contributed by atoms with Crippen LogP contribution in [-0.2, 0) is 28.8 Å². The van der Waals surface area contributed by atoms with E-state index in [1.54, 1.807) is 52.3 Å². The number of carbonyl (C=O) groups excluding carboxylic acids is 9. The maximum Gasteiger partial charge on any atom is 0.415 e. The van der Waals surface area contributed by atoms with E-state index in [-0.39, 0.29) is 67.1 Å². The summed E-state index contributed by atoms with van der Waals surface area (Å²) in [6.07, 6.45) is 2.01. The van der Waals surface area contributed by atoms with Crippen LogP contribution in [0.1, 0.15) is 71.9 Å². The normalized spacial score (nSPS) is 16.0. The van der Waals surface area contributed by atoms with Crippen molar-refractivity contribution in [3.8, 4) is 5.75 Å². The van der Waals surface area contributed by atoms with Crippen LogP contribution in [0.2, 0.25) is 0 Å². The number of hydrogen-bond donors (Lipinski definition) is 7. The third-order valence-corrected chi connectivity index (χ3v) is 14.0. The summed E-state index contributed by atoms with van der Waals surface area (Å²) >= 11 is 6.55. The molecule has 4 aromatic carbocycles. The van der Waals surface area contributed by atoms with Crippen molar-refractivity contribution in [2.75, 3.05) is 74.3 Å². The number of hydrogen-bond acceptors (Lipinski definition) is 12. The molecule has 8 rings (SSSR count). The summed E-state index contributed by atoms with van der Waals surface area (Å²) in [6.45, 7) is 9.80. The number of carbonyl (C=O) groups is 9. The van der Waals surface area contributed by atoms with Gasteiger partial charge in [0.05, 0.1) is 12.2 Å². The van der Waals surface area contributed by atoms with Crippen LogP contribution in [0.25, 0.3) is 21.7 Å². The van der Waals surface area contributed by atoms with Gasteiger partial charge < -0.3 is 56.7 Å². The number of benzene rings is 4. The average molecular weight is 1080 g/mol. The van der Waals surface area contributed by atoms with Crippen molar-refractivity contribution in [1.82, 2.24) is 35.6 Å². The quantitative estimate of drug-likeness (QED) is 0.0403. The molecular formula is C56H62ClN11O10. The number of piperazine rings is 1. The lowest BCUT2D eigenvalue weighted by Crippen LogP contribution is -2.54. The molecule has 408 valence electrons. The minimum atomic E-state index is -1.24. The third-order valence-electron chi connectivity index (χ3n) is 13.6. The summed E-state index contributed by atoms with van der Waals surface area (Å²) in [5, 5.41) is 15.6. The molecule has 0 bridgehead atoms. The van der Waals surface area contributed by atoms with E-state index in [1.807, 2.05) is 45.2 Å². The minimum absolute atomic E-state index is 0.0384.